The summed E-state index contributed by atoms with van der Waals surface area (Å²) in [4.78, 5) is 23.4. The Hall–Kier alpha value is -2.31. The van der Waals surface area contributed by atoms with Crippen LogP contribution in [0.2, 0.25) is 5.15 Å². The third-order valence-corrected chi connectivity index (χ3v) is 4.87. The molecular formula is C18H16ClN3O2S. The first-order chi connectivity index (χ1) is 12.1. The molecule has 0 N–H and O–H groups in total. The molecular weight excluding hydrogens is 358 g/mol. The predicted molar refractivity (Wildman–Crippen MR) is 102 cm³/mol. The predicted octanol–water partition coefficient (Wildman–Crippen LogP) is 4.37. The molecule has 1 aliphatic rings. The zero-order chi connectivity index (χ0) is 17.8. The molecule has 0 aliphatic carbocycles. The Bertz CT molecular complexity index is 850. The van der Waals surface area contributed by atoms with E-state index in [1.54, 1.807) is 30.3 Å². The number of aromatic nitrogens is 1. The number of hydrogen-bond acceptors (Lipinski definition) is 5. The first-order valence-electron chi connectivity index (χ1n) is 7.67. The molecule has 1 saturated heterocycles. The van der Waals surface area contributed by atoms with Gasteiger partial charge in [0.05, 0.1) is 12.0 Å². The fourth-order valence-electron chi connectivity index (χ4n) is 2.29. The molecule has 1 amide bonds. The molecule has 5 nitrogen and oxygen atoms in total. The van der Waals surface area contributed by atoms with Gasteiger partial charge in [0.2, 0.25) is 0 Å². The van der Waals surface area contributed by atoms with Crippen LogP contribution in [-0.2, 0) is 4.79 Å². The zero-order valence-electron chi connectivity index (χ0n) is 13.8. The fourth-order valence-corrected chi connectivity index (χ4v) is 3.50. The van der Waals surface area contributed by atoms with Crippen LogP contribution in [0.15, 0.2) is 52.5 Å². The number of halogens is 1. The second kappa shape index (κ2) is 7.72. The van der Waals surface area contributed by atoms with Crippen LogP contribution in [0.3, 0.4) is 0 Å². The number of carbonyl (C=O) groups excluding carboxylic acids is 1. The molecule has 1 aliphatic heterocycles. The van der Waals surface area contributed by atoms with Crippen molar-refractivity contribution in [2.24, 2.45) is 4.99 Å². The van der Waals surface area contributed by atoms with Gasteiger partial charge in [-0.05, 0) is 54.6 Å². The van der Waals surface area contributed by atoms with Gasteiger partial charge in [-0.25, -0.2) is 9.98 Å². The molecule has 0 atom stereocenters. The Labute approximate surface area is 155 Å². The molecule has 1 fully saturated rings. The maximum absolute atomic E-state index is 12.6. The minimum Gasteiger partial charge on any atom is -0.497 e. The first-order valence-corrected chi connectivity index (χ1v) is 8.86. The van der Waals surface area contributed by atoms with Gasteiger partial charge in [0, 0.05) is 12.7 Å². The highest BCUT2D eigenvalue weighted by Gasteiger charge is 2.32. The average Bonchev–Trinajstić information content (AvgIpc) is 2.92. The molecule has 128 valence electrons. The lowest BCUT2D eigenvalue weighted by atomic mass is 10.2. The second-order valence-electron chi connectivity index (χ2n) is 5.14. The number of amides is 1. The first kappa shape index (κ1) is 17.5. The maximum atomic E-state index is 12.6. The molecule has 0 bridgehead atoms. The van der Waals surface area contributed by atoms with Crippen molar-refractivity contribution >= 4 is 46.2 Å². The van der Waals surface area contributed by atoms with E-state index in [9.17, 15) is 4.79 Å². The van der Waals surface area contributed by atoms with E-state index < -0.39 is 0 Å². The summed E-state index contributed by atoms with van der Waals surface area (Å²) in [5.41, 5.74) is 1.47. The van der Waals surface area contributed by atoms with Crippen LogP contribution in [0.4, 0.5) is 5.69 Å². The highest BCUT2D eigenvalue weighted by Crippen LogP contribution is 2.35. The van der Waals surface area contributed by atoms with Gasteiger partial charge in [0.1, 0.15) is 11.4 Å². The van der Waals surface area contributed by atoms with Crippen LogP contribution in [0.1, 0.15) is 12.5 Å². The minimum absolute atomic E-state index is 0.0675. The van der Waals surface area contributed by atoms with E-state index in [2.05, 4.69) is 9.98 Å². The Kier molecular flexibility index (Phi) is 5.40. The SMILES string of the molecule is CCN1C(=O)/C(=C/c2ccc(OC)cc2)SC1=Nc1cccnc1Cl. The van der Waals surface area contributed by atoms with Gasteiger partial charge in [0.25, 0.3) is 5.91 Å². The summed E-state index contributed by atoms with van der Waals surface area (Å²) in [7, 11) is 1.62. The van der Waals surface area contributed by atoms with Crippen LogP contribution in [0, 0.1) is 0 Å². The number of pyridine rings is 1. The molecule has 0 unspecified atom stereocenters. The van der Waals surface area contributed by atoms with Crippen molar-refractivity contribution in [2.75, 3.05) is 13.7 Å². The number of carbonyl (C=O) groups is 1. The standard InChI is InChI=1S/C18H16ClN3O2S/c1-3-22-17(23)15(11-12-6-8-13(24-2)9-7-12)25-18(22)21-14-5-4-10-20-16(14)19/h4-11H,3H2,1-2H3/b15-11-,21-18?. The third kappa shape index (κ3) is 3.86. The number of aliphatic imine (C=N–C) groups is 1. The number of ether oxygens (including phenoxy) is 1. The van der Waals surface area contributed by atoms with Gasteiger partial charge in [-0.1, -0.05) is 23.7 Å². The summed E-state index contributed by atoms with van der Waals surface area (Å²) in [5.74, 6) is 0.707. The number of amidine groups is 1. The van der Waals surface area contributed by atoms with Crippen LogP contribution in [0.25, 0.3) is 6.08 Å². The van der Waals surface area contributed by atoms with Crippen molar-refractivity contribution in [1.82, 2.24) is 9.88 Å². The molecule has 7 heteroatoms. The lowest BCUT2D eigenvalue weighted by molar-refractivity contribution is -0.122. The van der Waals surface area contributed by atoms with Crippen molar-refractivity contribution in [2.45, 2.75) is 6.92 Å². The molecule has 0 spiro atoms. The molecule has 1 aromatic carbocycles. The average molecular weight is 374 g/mol. The highest BCUT2D eigenvalue weighted by molar-refractivity contribution is 8.18. The van der Waals surface area contributed by atoms with E-state index in [0.717, 1.165) is 11.3 Å². The number of thioether (sulfide) groups is 1. The Morgan fingerprint density at radius 1 is 1.32 bits per heavy atom. The normalized spacial score (nSPS) is 17.6. The Morgan fingerprint density at radius 3 is 2.72 bits per heavy atom. The number of likely N-dealkylation sites (N-methyl/N-ethyl adjacent to an activating group) is 1. The topological polar surface area (TPSA) is 54.8 Å². The van der Waals surface area contributed by atoms with E-state index >= 15 is 0 Å². The quantitative estimate of drug-likeness (QED) is 0.590. The van der Waals surface area contributed by atoms with Gasteiger partial charge in [-0.3, -0.25) is 9.69 Å². The van der Waals surface area contributed by atoms with Gasteiger partial charge >= 0.3 is 0 Å². The largest absolute Gasteiger partial charge is 0.497 e. The molecule has 0 saturated carbocycles. The van der Waals surface area contributed by atoms with Crippen LogP contribution in [0.5, 0.6) is 5.75 Å². The van der Waals surface area contributed by atoms with E-state index in [1.807, 2.05) is 37.3 Å². The van der Waals surface area contributed by atoms with E-state index in [4.69, 9.17) is 16.3 Å². The van der Waals surface area contributed by atoms with Gasteiger partial charge in [0.15, 0.2) is 10.3 Å². The second-order valence-corrected chi connectivity index (χ2v) is 6.51. The van der Waals surface area contributed by atoms with Gasteiger partial charge in [-0.2, -0.15) is 0 Å². The van der Waals surface area contributed by atoms with Crippen LogP contribution < -0.4 is 4.74 Å². The van der Waals surface area contributed by atoms with Crippen molar-refractivity contribution in [3.8, 4) is 5.75 Å². The van der Waals surface area contributed by atoms with E-state index in [1.165, 1.54) is 11.8 Å². The summed E-state index contributed by atoms with van der Waals surface area (Å²) < 4.78 is 5.15. The Morgan fingerprint density at radius 2 is 2.08 bits per heavy atom. The number of methoxy groups -OCH3 is 1. The summed E-state index contributed by atoms with van der Waals surface area (Å²) in [6, 6.07) is 11.1. The maximum Gasteiger partial charge on any atom is 0.266 e. The minimum atomic E-state index is -0.0675. The summed E-state index contributed by atoms with van der Waals surface area (Å²) >= 11 is 7.40. The molecule has 1 aromatic heterocycles. The summed E-state index contributed by atoms with van der Waals surface area (Å²) in [6.07, 6.45) is 3.45. The number of benzene rings is 1. The van der Waals surface area contributed by atoms with E-state index in [-0.39, 0.29) is 5.91 Å². The van der Waals surface area contributed by atoms with Crippen molar-refractivity contribution in [1.29, 1.82) is 0 Å². The monoisotopic (exact) mass is 373 g/mol. The van der Waals surface area contributed by atoms with E-state index in [0.29, 0.717) is 27.5 Å². The van der Waals surface area contributed by atoms with Gasteiger partial charge in [-0.15, -0.1) is 0 Å². The Balaban J connectivity index is 1.91. The highest BCUT2D eigenvalue weighted by atomic mass is 35.5. The molecule has 2 heterocycles. The lowest BCUT2D eigenvalue weighted by Crippen LogP contribution is -2.28. The van der Waals surface area contributed by atoms with Crippen LogP contribution in [-0.4, -0.2) is 34.6 Å². The smallest absolute Gasteiger partial charge is 0.266 e. The van der Waals surface area contributed by atoms with Crippen molar-refractivity contribution < 1.29 is 9.53 Å². The molecule has 3 rings (SSSR count). The lowest BCUT2D eigenvalue weighted by Gasteiger charge is -2.12. The fraction of sp³-hybridized carbons (Fsp3) is 0.167. The molecule has 25 heavy (non-hydrogen) atoms. The van der Waals surface area contributed by atoms with Gasteiger partial charge < -0.3 is 4.74 Å². The van der Waals surface area contributed by atoms with Crippen molar-refractivity contribution in [3.05, 3.63) is 58.2 Å². The third-order valence-electron chi connectivity index (χ3n) is 3.57. The molecule has 0 radical (unpaired) electrons. The summed E-state index contributed by atoms with van der Waals surface area (Å²) in [5, 5.41) is 0.911. The number of rotatable bonds is 4. The summed E-state index contributed by atoms with van der Waals surface area (Å²) in [6.45, 7) is 2.44. The zero-order valence-corrected chi connectivity index (χ0v) is 15.3. The number of hydrogen-bond donors (Lipinski definition) is 0. The molecule has 2 aromatic rings. The van der Waals surface area contributed by atoms with Crippen molar-refractivity contribution in [3.63, 3.8) is 0 Å². The number of nitrogens with zero attached hydrogens (tertiary/aromatic N) is 3. The van der Waals surface area contributed by atoms with Crippen LogP contribution >= 0.6 is 23.4 Å².